The second-order valence-electron chi connectivity index (χ2n) is 6.93. The van der Waals surface area contributed by atoms with Gasteiger partial charge in [0.25, 0.3) is 5.91 Å². The van der Waals surface area contributed by atoms with Gasteiger partial charge in [-0.3, -0.25) is 4.79 Å². The molecule has 3 rings (SSSR count). The zero-order valence-electron chi connectivity index (χ0n) is 17.1. The van der Waals surface area contributed by atoms with Crippen LogP contribution >= 0.6 is 35.0 Å². The summed E-state index contributed by atoms with van der Waals surface area (Å²) in [5.41, 5.74) is 1.13. The molecule has 0 saturated heterocycles. The van der Waals surface area contributed by atoms with Crippen molar-refractivity contribution in [3.8, 4) is 0 Å². The van der Waals surface area contributed by atoms with Crippen LogP contribution in [0.2, 0.25) is 10.0 Å². The van der Waals surface area contributed by atoms with Crippen molar-refractivity contribution in [2.45, 2.75) is 44.1 Å². The molecule has 0 aliphatic rings. The van der Waals surface area contributed by atoms with Gasteiger partial charge in [0.15, 0.2) is 10.8 Å². The largest absolute Gasteiger partial charge is 0.369 e. The molecular weight excluding hydrogens is 443 g/mol. The predicted octanol–water partition coefficient (Wildman–Crippen LogP) is 4.89. The number of nitrogens with one attached hydrogen (secondary N) is 2. The number of amides is 1. The molecule has 0 unspecified atom stereocenters. The lowest BCUT2D eigenvalue weighted by molar-refractivity contribution is 0.0952. The van der Waals surface area contributed by atoms with E-state index in [2.05, 4.69) is 46.5 Å². The Balaban J connectivity index is 1.76. The van der Waals surface area contributed by atoms with E-state index in [4.69, 9.17) is 23.2 Å². The molecule has 0 fully saturated rings. The molecule has 1 aromatic carbocycles. The molecule has 0 aliphatic heterocycles. The van der Waals surface area contributed by atoms with Crippen LogP contribution < -0.4 is 10.6 Å². The number of nitrogens with zero attached hydrogens (tertiary/aromatic N) is 4. The summed E-state index contributed by atoms with van der Waals surface area (Å²) < 4.78 is 1.78. The summed E-state index contributed by atoms with van der Waals surface area (Å²) in [6.07, 6.45) is 2.75. The van der Waals surface area contributed by atoms with Crippen LogP contribution in [0, 0.1) is 0 Å². The zero-order valence-corrected chi connectivity index (χ0v) is 19.4. The fraction of sp³-hybridized carbons (Fsp3) is 0.400. The Hall–Kier alpha value is -2.03. The highest BCUT2D eigenvalue weighted by molar-refractivity contribution is 7.99. The lowest BCUT2D eigenvalue weighted by Crippen LogP contribution is -2.27. The summed E-state index contributed by atoms with van der Waals surface area (Å²) in [5, 5.41) is 13.4. The van der Waals surface area contributed by atoms with Crippen LogP contribution in [0.5, 0.6) is 0 Å². The zero-order chi connectivity index (χ0) is 21.7. The second kappa shape index (κ2) is 10.3. The van der Waals surface area contributed by atoms with Gasteiger partial charge in [0.05, 0.1) is 28.7 Å². The summed E-state index contributed by atoms with van der Waals surface area (Å²) in [6, 6.07) is 4.80. The van der Waals surface area contributed by atoms with E-state index < -0.39 is 0 Å². The van der Waals surface area contributed by atoms with Crippen molar-refractivity contribution in [1.29, 1.82) is 0 Å². The highest BCUT2D eigenvalue weighted by Gasteiger charge is 2.15. The molecule has 0 bridgehead atoms. The van der Waals surface area contributed by atoms with Crippen LogP contribution in [0.15, 0.2) is 29.6 Å². The number of fused-ring (bicyclic) bond motifs is 1. The number of rotatable bonds is 9. The first kappa shape index (κ1) is 22.7. The molecule has 0 radical (unpaired) electrons. The number of carbonyl (C=O) groups excluding carboxylic acids is 1. The van der Waals surface area contributed by atoms with Crippen molar-refractivity contribution < 1.29 is 4.79 Å². The van der Waals surface area contributed by atoms with Gasteiger partial charge in [0, 0.05) is 23.4 Å². The molecule has 1 amide bonds. The second-order valence-corrected chi connectivity index (χ2v) is 9.32. The van der Waals surface area contributed by atoms with Gasteiger partial charge in [-0.1, -0.05) is 55.7 Å². The van der Waals surface area contributed by atoms with Gasteiger partial charge in [0.2, 0.25) is 0 Å². The van der Waals surface area contributed by atoms with Gasteiger partial charge >= 0.3 is 0 Å². The Bertz CT molecular complexity index is 1040. The summed E-state index contributed by atoms with van der Waals surface area (Å²) in [5.74, 6) is 0.525. The number of halogens is 2. The molecule has 3 aromatic rings. The molecule has 2 N–H and O–H groups in total. The first-order chi connectivity index (χ1) is 14.4. The molecule has 7 nitrogen and oxygen atoms in total. The van der Waals surface area contributed by atoms with E-state index in [1.807, 2.05) is 0 Å². The van der Waals surface area contributed by atoms with Crippen molar-refractivity contribution in [1.82, 2.24) is 25.1 Å². The first-order valence-corrected chi connectivity index (χ1v) is 11.4. The predicted molar refractivity (Wildman–Crippen MR) is 124 cm³/mol. The summed E-state index contributed by atoms with van der Waals surface area (Å²) >= 11 is 13.6. The molecule has 2 heterocycles. The Morgan fingerprint density at radius 3 is 2.73 bits per heavy atom. The molecule has 30 heavy (non-hydrogen) atoms. The number of aromatic nitrogens is 4. The van der Waals surface area contributed by atoms with Gasteiger partial charge in [0.1, 0.15) is 5.82 Å². The Kier molecular flexibility index (Phi) is 7.80. The van der Waals surface area contributed by atoms with Crippen LogP contribution in [0.4, 0.5) is 5.82 Å². The van der Waals surface area contributed by atoms with E-state index >= 15 is 0 Å². The van der Waals surface area contributed by atoms with E-state index in [0.717, 1.165) is 29.8 Å². The fourth-order valence-electron chi connectivity index (χ4n) is 2.78. The fourth-order valence-corrected chi connectivity index (χ4v) is 3.98. The third-order valence-electron chi connectivity index (χ3n) is 4.14. The van der Waals surface area contributed by atoms with Crippen molar-refractivity contribution in [2.75, 3.05) is 18.4 Å². The average molecular weight is 467 g/mol. The van der Waals surface area contributed by atoms with Crippen molar-refractivity contribution in [2.24, 2.45) is 0 Å². The first-order valence-electron chi connectivity index (χ1n) is 9.76. The lowest BCUT2D eigenvalue weighted by Gasteiger charge is -2.11. The Morgan fingerprint density at radius 2 is 2.03 bits per heavy atom. The van der Waals surface area contributed by atoms with Gasteiger partial charge in [-0.05, 0) is 24.6 Å². The number of benzene rings is 1. The van der Waals surface area contributed by atoms with Crippen LogP contribution in [-0.4, -0.2) is 44.0 Å². The molecule has 10 heteroatoms. The van der Waals surface area contributed by atoms with Crippen LogP contribution in [0.25, 0.3) is 11.0 Å². The van der Waals surface area contributed by atoms with Crippen LogP contribution in [0.1, 0.15) is 37.6 Å². The van der Waals surface area contributed by atoms with Gasteiger partial charge in [-0.15, -0.1) is 0 Å². The van der Waals surface area contributed by atoms with Gasteiger partial charge in [-0.25, -0.2) is 14.6 Å². The van der Waals surface area contributed by atoms with Crippen LogP contribution in [-0.2, 0) is 6.54 Å². The number of carbonyl (C=O) groups is 1. The molecular formula is C20H24Cl2N6OS. The number of hydrogen-bond acceptors (Lipinski definition) is 6. The summed E-state index contributed by atoms with van der Waals surface area (Å²) in [6.45, 7) is 7.98. The monoisotopic (exact) mass is 466 g/mol. The maximum absolute atomic E-state index is 12.4. The third kappa shape index (κ3) is 5.56. The number of anilines is 1. The standard InChI is InChI=1S/C20H24Cl2N6OS/c1-4-7-23-17-15-11-25-28(18(15)27-20(26-17)30-12(2)3)9-8-24-19(29)14-6-5-13(21)10-16(14)22/h5-6,10-12H,4,7-9H2,1-3H3,(H,24,29)(H,23,26,27). The molecule has 0 saturated carbocycles. The molecule has 0 spiro atoms. The molecule has 0 atom stereocenters. The summed E-state index contributed by atoms with van der Waals surface area (Å²) in [4.78, 5) is 21.7. The minimum Gasteiger partial charge on any atom is -0.369 e. The highest BCUT2D eigenvalue weighted by Crippen LogP contribution is 2.26. The van der Waals surface area contributed by atoms with Crippen molar-refractivity contribution in [3.05, 3.63) is 40.0 Å². The van der Waals surface area contributed by atoms with E-state index in [9.17, 15) is 4.79 Å². The van der Waals surface area contributed by atoms with Crippen molar-refractivity contribution >= 4 is 57.7 Å². The van der Waals surface area contributed by atoms with E-state index in [0.29, 0.717) is 39.1 Å². The van der Waals surface area contributed by atoms with E-state index in [1.165, 1.54) is 0 Å². The number of hydrogen-bond donors (Lipinski definition) is 2. The minimum atomic E-state index is -0.260. The van der Waals surface area contributed by atoms with E-state index in [-0.39, 0.29) is 5.91 Å². The van der Waals surface area contributed by atoms with E-state index in [1.54, 1.807) is 40.8 Å². The minimum absolute atomic E-state index is 0.260. The lowest BCUT2D eigenvalue weighted by atomic mass is 10.2. The topological polar surface area (TPSA) is 84.7 Å². The van der Waals surface area contributed by atoms with Crippen molar-refractivity contribution in [3.63, 3.8) is 0 Å². The quantitative estimate of drug-likeness (QED) is 0.345. The van der Waals surface area contributed by atoms with Gasteiger partial charge < -0.3 is 10.6 Å². The number of thioether (sulfide) groups is 1. The normalized spacial score (nSPS) is 11.3. The maximum atomic E-state index is 12.4. The highest BCUT2D eigenvalue weighted by atomic mass is 35.5. The molecule has 2 aromatic heterocycles. The smallest absolute Gasteiger partial charge is 0.252 e. The maximum Gasteiger partial charge on any atom is 0.252 e. The third-order valence-corrected chi connectivity index (χ3v) is 5.56. The molecule has 0 aliphatic carbocycles. The SMILES string of the molecule is CCCNc1nc(SC(C)C)nc2c1cnn2CCNC(=O)c1ccc(Cl)cc1Cl. The average Bonchev–Trinajstić information content (AvgIpc) is 3.08. The van der Waals surface area contributed by atoms with Crippen LogP contribution in [0.3, 0.4) is 0 Å². The summed E-state index contributed by atoms with van der Waals surface area (Å²) in [7, 11) is 0. The Morgan fingerprint density at radius 1 is 1.23 bits per heavy atom. The Labute approximate surface area is 189 Å². The molecule has 160 valence electrons. The van der Waals surface area contributed by atoms with Gasteiger partial charge in [-0.2, -0.15) is 5.10 Å².